The Morgan fingerprint density at radius 2 is 2.00 bits per heavy atom. The third kappa shape index (κ3) is 8.06. The highest BCUT2D eigenvalue weighted by Crippen LogP contribution is 2.11. The van der Waals surface area contributed by atoms with E-state index in [0.29, 0.717) is 24.1 Å². The number of unbranched alkanes of at least 4 members (excludes halogenated alkanes) is 3. The highest BCUT2D eigenvalue weighted by atomic mass is 16.5. The highest BCUT2D eigenvalue weighted by Gasteiger charge is 2.07. The molecule has 0 aromatic heterocycles. The average Bonchev–Trinajstić information content (AvgIpc) is 2.75. The van der Waals surface area contributed by atoms with Crippen molar-refractivity contribution < 1.29 is 19.1 Å². The average molecular weight is 408 g/mol. The van der Waals surface area contributed by atoms with Crippen molar-refractivity contribution in [3.63, 3.8) is 0 Å². The lowest BCUT2D eigenvalue weighted by Gasteiger charge is -2.06. The minimum atomic E-state index is -0.296. The number of allylic oxidation sites excluding steroid dienone is 1. The van der Waals surface area contributed by atoms with Crippen LogP contribution in [0.4, 0.5) is 0 Å². The second kappa shape index (κ2) is 13.1. The number of aliphatic imine (C=N–C) groups is 1. The molecule has 0 saturated heterocycles. The Hall–Kier alpha value is -3.17. The first-order valence-corrected chi connectivity index (χ1v) is 10.0. The van der Waals surface area contributed by atoms with Gasteiger partial charge in [-0.1, -0.05) is 30.4 Å². The van der Waals surface area contributed by atoms with Gasteiger partial charge in [-0.3, -0.25) is 9.59 Å². The molecule has 0 bridgehead atoms. The number of nitrogens with zero attached hydrogens (tertiary/aromatic N) is 1. The van der Waals surface area contributed by atoms with Crippen molar-refractivity contribution in [2.24, 2.45) is 4.99 Å². The molecule has 1 aromatic carbocycles. The van der Waals surface area contributed by atoms with Crippen molar-refractivity contribution in [3.05, 3.63) is 53.6 Å². The van der Waals surface area contributed by atoms with E-state index in [0.717, 1.165) is 31.4 Å². The SMILES string of the molecule is COc1ccc(C(=O)NCCCCC/C=N/C(=O)C2=C/CC#CC(OC)/C=C\2)cc1. The lowest BCUT2D eigenvalue weighted by molar-refractivity contribution is -0.114. The van der Waals surface area contributed by atoms with Gasteiger partial charge in [-0.2, -0.15) is 0 Å². The summed E-state index contributed by atoms with van der Waals surface area (Å²) < 4.78 is 10.3. The van der Waals surface area contributed by atoms with Gasteiger partial charge in [0.1, 0.15) is 11.9 Å². The summed E-state index contributed by atoms with van der Waals surface area (Å²) >= 11 is 0. The van der Waals surface area contributed by atoms with Crippen LogP contribution in [-0.4, -0.2) is 44.9 Å². The minimum Gasteiger partial charge on any atom is -0.497 e. The van der Waals surface area contributed by atoms with E-state index in [1.54, 1.807) is 62.9 Å². The quantitative estimate of drug-likeness (QED) is 0.365. The molecule has 0 radical (unpaired) electrons. The third-order valence-corrected chi connectivity index (χ3v) is 4.48. The molecule has 6 nitrogen and oxygen atoms in total. The van der Waals surface area contributed by atoms with E-state index in [4.69, 9.17) is 9.47 Å². The predicted octanol–water partition coefficient (Wildman–Crippen LogP) is 3.49. The van der Waals surface area contributed by atoms with Crippen LogP contribution in [0.3, 0.4) is 0 Å². The zero-order chi connectivity index (χ0) is 21.6. The highest BCUT2D eigenvalue weighted by molar-refractivity contribution is 6.00. The first-order valence-electron chi connectivity index (χ1n) is 10.0. The van der Waals surface area contributed by atoms with Gasteiger partial charge in [0.2, 0.25) is 0 Å². The summed E-state index contributed by atoms with van der Waals surface area (Å²) in [5.41, 5.74) is 1.14. The Kier molecular flexibility index (Phi) is 10.1. The number of nitrogens with one attached hydrogen (secondary N) is 1. The number of rotatable bonds is 10. The van der Waals surface area contributed by atoms with Crippen LogP contribution < -0.4 is 10.1 Å². The van der Waals surface area contributed by atoms with Gasteiger partial charge in [0.25, 0.3) is 11.8 Å². The number of hydrogen-bond acceptors (Lipinski definition) is 4. The van der Waals surface area contributed by atoms with Gasteiger partial charge in [-0.05, 0) is 49.6 Å². The fraction of sp³-hybridized carbons (Fsp3) is 0.375. The van der Waals surface area contributed by atoms with Crippen LogP contribution in [0.2, 0.25) is 0 Å². The van der Waals surface area contributed by atoms with Gasteiger partial charge in [0, 0.05) is 37.4 Å². The van der Waals surface area contributed by atoms with E-state index in [9.17, 15) is 9.59 Å². The largest absolute Gasteiger partial charge is 0.497 e. The molecule has 0 saturated carbocycles. The van der Waals surface area contributed by atoms with Crippen LogP contribution in [-0.2, 0) is 9.53 Å². The fourth-order valence-corrected chi connectivity index (χ4v) is 2.73. The molecule has 0 aliphatic heterocycles. The molecule has 6 heteroatoms. The lowest BCUT2D eigenvalue weighted by Crippen LogP contribution is -2.24. The van der Waals surface area contributed by atoms with Crippen molar-refractivity contribution in [1.82, 2.24) is 5.32 Å². The van der Waals surface area contributed by atoms with Gasteiger partial charge >= 0.3 is 0 Å². The second-order valence-corrected chi connectivity index (χ2v) is 6.65. The molecule has 2 rings (SSSR count). The molecule has 2 amide bonds. The van der Waals surface area contributed by atoms with E-state index >= 15 is 0 Å². The standard InChI is InChI=1S/C24H28N2O4/c1-29-21-10-6-5-9-19(11-14-21)23(27)25-17-7-3-4-8-18-26-24(28)20-12-15-22(30-2)16-13-20/h9,11-17,21H,3-5,7-8,18H2,1-2H3,(H,26,28)/b14-11-,19-9+,25-17+. The van der Waals surface area contributed by atoms with Crippen molar-refractivity contribution in [2.75, 3.05) is 20.8 Å². The smallest absolute Gasteiger partial charge is 0.276 e. The third-order valence-electron chi connectivity index (χ3n) is 4.48. The maximum absolute atomic E-state index is 12.2. The van der Waals surface area contributed by atoms with Gasteiger partial charge in [0.15, 0.2) is 0 Å². The Morgan fingerprint density at radius 3 is 2.73 bits per heavy atom. The number of carbonyl (C=O) groups excluding carboxylic acids is 2. The second-order valence-electron chi connectivity index (χ2n) is 6.65. The Morgan fingerprint density at radius 1 is 1.20 bits per heavy atom. The lowest BCUT2D eigenvalue weighted by atomic mass is 10.1. The van der Waals surface area contributed by atoms with E-state index in [1.807, 2.05) is 0 Å². The summed E-state index contributed by atoms with van der Waals surface area (Å²) in [5.74, 6) is 6.26. The van der Waals surface area contributed by atoms with Crippen LogP contribution in [0.15, 0.2) is 53.1 Å². The molecular weight excluding hydrogens is 380 g/mol. The fourth-order valence-electron chi connectivity index (χ4n) is 2.73. The first kappa shape index (κ1) is 23.1. The Balaban J connectivity index is 1.62. The van der Waals surface area contributed by atoms with E-state index in [1.165, 1.54) is 0 Å². The number of benzene rings is 1. The Bertz CT molecular complexity index is 857. The monoisotopic (exact) mass is 408 g/mol. The summed E-state index contributed by atoms with van der Waals surface area (Å²) in [7, 11) is 3.17. The van der Waals surface area contributed by atoms with E-state index in [2.05, 4.69) is 22.2 Å². The van der Waals surface area contributed by atoms with Crippen LogP contribution in [0.1, 0.15) is 42.5 Å². The predicted molar refractivity (Wildman–Crippen MR) is 118 cm³/mol. The van der Waals surface area contributed by atoms with Gasteiger partial charge in [-0.25, -0.2) is 4.99 Å². The van der Waals surface area contributed by atoms with Crippen LogP contribution >= 0.6 is 0 Å². The number of hydrogen-bond donors (Lipinski definition) is 1. The topological polar surface area (TPSA) is 77.0 Å². The Labute approximate surface area is 178 Å². The summed E-state index contributed by atoms with van der Waals surface area (Å²) in [6, 6.07) is 7.01. The molecule has 1 aliphatic carbocycles. The van der Waals surface area contributed by atoms with Crippen molar-refractivity contribution in [2.45, 2.75) is 38.2 Å². The molecule has 0 heterocycles. The maximum Gasteiger partial charge on any atom is 0.276 e. The number of carbonyl (C=O) groups is 2. The summed E-state index contributed by atoms with van der Waals surface area (Å²) in [4.78, 5) is 28.3. The summed E-state index contributed by atoms with van der Waals surface area (Å²) in [6.45, 7) is 0.611. The van der Waals surface area contributed by atoms with Gasteiger partial charge in [-0.15, -0.1) is 0 Å². The molecule has 1 aliphatic rings. The maximum atomic E-state index is 12.2. The molecule has 30 heavy (non-hydrogen) atoms. The van der Waals surface area contributed by atoms with Crippen LogP contribution in [0.5, 0.6) is 5.75 Å². The first-order chi connectivity index (χ1) is 14.6. The molecule has 1 atom stereocenters. The zero-order valence-corrected chi connectivity index (χ0v) is 17.5. The summed E-state index contributed by atoms with van der Waals surface area (Å²) in [6.07, 6.45) is 10.5. The molecular formula is C24H28N2O4. The normalized spacial score (nSPS) is 18.3. The van der Waals surface area contributed by atoms with Crippen molar-refractivity contribution in [1.29, 1.82) is 0 Å². The molecule has 0 fully saturated rings. The zero-order valence-electron chi connectivity index (χ0n) is 17.5. The van der Waals surface area contributed by atoms with E-state index in [-0.39, 0.29) is 17.9 Å². The number of methoxy groups -OCH3 is 2. The molecule has 158 valence electrons. The van der Waals surface area contributed by atoms with Crippen molar-refractivity contribution >= 4 is 18.0 Å². The van der Waals surface area contributed by atoms with Crippen LogP contribution in [0.25, 0.3) is 0 Å². The number of amides is 2. The summed E-state index contributed by atoms with van der Waals surface area (Å²) in [5, 5.41) is 2.90. The van der Waals surface area contributed by atoms with Gasteiger partial charge in [0.05, 0.1) is 7.11 Å². The molecule has 1 N–H and O–H groups in total. The number of ether oxygens (including phenoxy) is 2. The molecule has 1 aromatic rings. The van der Waals surface area contributed by atoms with Gasteiger partial charge < -0.3 is 14.8 Å². The van der Waals surface area contributed by atoms with E-state index < -0.39 is 0 Å². The molecule has 0 spiro atoms. The molecule has 1 unspecified atom stereocenters. The van der Waals surface area contributed by atoms with Crippen LogP contribution in [0, 0.1) is 11.8 Å². The van der Waals surface area contributed by atoms with Crippen molar-refractivity contribution in [3.8, 4) is 17.6 Å². The minimum absolute atomic E-state index is 0.0919.